The van der Waals surface area contributed by atoms with Crippen LogP contribution in [-0.4, -0.2) is 41.6 Å². The first-order valence-corrected chi connectivity index (χ1v) is 14.3. The number of ether oxygens (including phenoxy) is 1. The van der Waals surface area contributed by atoms with E-state index in [4.69, 9.17) is 27.9 Å². The highest BCUT2D eigenvalue weighted by molar-refractivity contribution is 6.36. The Balaban J connectivity index is 1.08. The lowest BCUT2D eigenvalue weighted by Gasteiger charge is -2.54. The lowest BCUT2D eigenvalue weighted by molar-refractivity contribution is -0.143. The molecule has 0 N–H and O–H groups in total. The number of hydrogen-bond donors (Lipinski definition) is 0. The van der Waals surface area contributed by atoms with Gasteiger partial charge in [0.15, 0.2) is 12.4 Å². The summed E-state index contributed by atoms with van der Waals surface area (Å²) in [6, 6.07) is 20.0. The Labute approximate surface area is 246 Å². The van der Waals surface area contributed by atoms with E-state index in [1.807, 2.05) is 48.5 Å². The molecule has 2 bridgehead atoms. The summed E-state index contributed by atoms with van der Waals surface area (Å²) in [5, 5.41) is 0. The van der Waals surface area contributed by atoms with Crippen molar-refractivity contribution in [2.45, 2.75) is 35.4 Å². The maximum Gasteiger partial charge on any atom is 0.306 e. The summed E-state index contributed by atoms with van der Waals surface area (Å²) in [6.07, 6.45) is 1.60. The van der Waals surface area contributed by atoms with Crippen molar-refractivity contribution in [2.24, 2.45) is 11.8 Å². The van der Waals surface area contributed by atoms with Crippen molar-refractivity contribution in [1.29, 1.82) is 0 Å². The number of unbranched alkanes of at least 4 members (excludes halogenated alkanes) is 2. The van der Waals surface area contributed by atoms with Gasteiger partial charge in [-0.3, -0.25) is 24.1 Å². The van der Waals surface area contributed by atoms with E-state index in [0.717, 1.165) is 22.3 Å². The van der Waals surface area contributed by atoms with Crippen molar-refractivity contribution in [2.75, 3.05) is 13.2 Å². The van der Waals surface area contributed by atoms with E-state index in [2.05, 4.69) is 0 Å². The molecule has 9 heteroatoms. The minimum Gasteiger partial charge on any atom is -0.457 e. The zero-order chi connectivity index (χ0) is 28.9. The Hall–Kier alpha value is -3.55. The SMILES string of the molecule is O=C(CCCCCN1C(=O)[C@@H]2[C@@H](C1=O)C1(Cl)c3ccccc3C2(Cl)c2ccccc21)OCC(=O)c1ccc(F)cc1. The second kappa shape index (κ2) is 10.4. The zero-order valence-electron chi connectivity index (χ0n) is 21.9. The van der Waals surface area contributed by atoms with Crippen LogP contribution in [-0.2, 0) is 28.9 Å². The number of benzene rings is 3. The topological polar surface area (TPSA) is 80.8 Å². The fourth-order valence-electron chi connectivity index (χ4n) is 6.60. The Morgan fingerprint density at radius 3 is 1.73 bits per heavy atom. The fraction of sp³-hybridized carbons (Fsp3) is 0.312. The Morgan fingerprint density at radius 1 is 0.756 bits per heavy atom. The molecule has 1 heterocycles. The van der Waals surface area contributed by atoms with E-state index in [1.54, 1.807) is 0 Å². The van der Waals surface area contributed by atoms with Gasteiger partial charge >= 0.3 is 5.97 Å². The number of nitrogens with zero attached hydrogens (tertiary/aromatic N) is 1. The average molecular weight is 594 g/mol. The molecule has 0 radical (unpaired) electrons. The van der Waals surface area contributed by atoms with Crippen LogP contribution < -0.4 is 0 Å². The number of halogens is 3. The monoisotopic (exact) mass is 593 g/mol. The molecule has 3 aromatic rings. The Morgan fingerprint density at radius 2 is 1.24 bits per heavy atom. The first-order valence-electron chi connectivity index (χ1n) is 13.6. The molecule has 0 spiro atoms. The highest BCUT2D eigenvalue weighted by Crippen LogP contribution is 2.69. The number of imide groups is 1. The molecule has 0 aromatic heterocycles. The van der Waals surface area contributed by atoms with Crippen molar-refractivity contribution in [3.63, 3.8) is 0 Å². The van der Waals surface area contributed by atoms with Gasteiger partial charge in [-0.15, -0.1) is 23.2 Å². The van der Waals surface area contributed by atoms with Crippen molar-refractivity contribution in [3.8, 4) is 0 Å². The number of rotatable bonds is 9. The van der Waals surface area contributed by atoms with E-state index >= 15 is 0 Å². The molecule has 3 aliphatic carbocycles. The molecule has 2 amide bonds. The van der Waals surface area contributed by atoms with Crippen molar-refractivity contribution >= 4 is 46.8 Å². The number of esters is 1. The number of carbonyl (C=O) groups is 4. The van der Waals surface area contributed by atoms with Gasteiger partial charge in [-0.1, -0.05) is 55.0 Å². The second-order valence-electron chi connectivity index (χ2n) is 10.7. The third-order valence-electron chi connectivity index (χ3n) is 8.47. The third-order valence-corrected chi connectivity index (χ3v) is 9.75. The normalized spacial score (nSPS) is 25.5. The first kappa shape index (κ1) is 27.6. The summed E-state index contributed by atoms with van der Waals surface area (Å²) < 4.78 is 18.1. The van der Waals surface area contributed by atoms with Gasteiger partial charge in [0.05, 0.1) is 11.8 Å². The summed E-state index contributed by atoms with van der Waals surface area (Å²) in [6.45, 7) is -0.232. The molecule has 1 fully saturated rings. The highest BCUT2D eigenvalue weighted by atomic mass is 35.5. The number of alkyl halides is 2. The Kier molecular flexibility index (Phi) is 6.99. The van der Waals surface area contributed by atoms with Gasteiger partial charge < -0.3 is 4.74 Å². The van der Waals surface area contributed by atoms with Gasteiger partial charge in [0, 0.05) is 18.5 Å². The third kappa shape index (κ3) is 4.20. The summed E-state index contributed by atoms with van der Waals surface area (Å²) in [7, 11) is 0. The molecule has 6 nitrogen and oxygen atoms in total. The van der Waals surface area contributed by atoms with E-state index in [9.17, 15) is 23.6 Å². The van der Waals surface area contributed by atoms with E-state index < -0.39 is 45.8 Å². The standard InChI is InChI=1S/C32H26Cl2FNO5/c33-31-21-8-3-4-9-22(21)32(34,24-11-6-5-10-23(24)31)28-27(31)29(39)36(30(28)40)17-7-1-2-12-26(38)41-18-25(37)19-13-15-20(35)16-14-19/h3-6,8-11,13-16,27-28H,1-2,7,12,17-18H2/t27-,28-,31?,32?/m0/s1. The van der Waals surface area contributed by atoms with E-state index in [1.165, 1.54) is 29.2 Å². The lowest BCUT2D eigenvalue weighted by Crippen LogP contribution is -2.57. The van der Waals surface area contributed by atoms with Crippen LogP contribution in [0.1, 0.15) is 58.3 Å². The van der Waals surface area contributed by atoms with Gasteiger partial charge in [-0.25, -0.2) is 4.39 Å². The molecule has 3 aromatic carbocycles. The number of hydrogen-bond acceptors (Lipinski definition) is 5. The highest BCUT2D eigenvalue weighted by Gasteiger charge is 2.72. The quantitative estimate of drug-likeness (QED) is 0.104. The Bertz CT molecular complexity index is 1450. The van der Waals surface area contributed by atoms with Crippen LogP contribution in [0.3, 0.4) is 0 Å². The lowest BCUT2D eigenvalue weighted by atomic mass is 9.54. The largest absolute Gasteiger partial charge is 0.457 e. The van der Waals surface area contributed by atoms with Gasteiger partial charge in [-0.05, 0) is 59.4 Å². The molecule has 0 unspecified atom stereocenters. The summed E-state index contributed by atoms with van der Waals surface area (Å²) >= 11 is 14.8. The molecule has 0 saturated carbocycles. The maximum atomic E-state index is 13.8. The van der Waals surface area contributed by atoms with Crippen molar-refractivity contribution < 1.29 is 28.3 Å². The van der Waals surface area contributed by atoms with Crippen LogP contribution in [0.4, 0.5) is 4.39 Å². The van der Waals surface area contributed by atoms with Crippen LogP contribution in [0.15, 0.2) is 72.8 Å². The van der Waals surface area contributed by atoms with Crippen LogP contribution in [0, 0.1) is 17.7 Å². The minimum atomic E-state index is -1.20. The summed E-state index contributed by atoms with van der Waals surface area (Å²) in [5.74, 6) is -3.72. The van der Waals surface area contributed by atoms with E-state index in [-0.39, 0.29) is 30.3 Å². The molecule has 1 saturated heterocycles. The molecular formula is C32H26Cl2FNO5. The van der Waals surface area contributed by atoms with Crippen LogP contribution in [0.2, 0.25) is 0 Å². The fourth-order valence-corrected chi connectivity index (χ4v) is 7.70. The predicted molar refractivity (Wildman–Crippen MR) is 150 cm³/mol. The maximum absolute atomic E-state index is 13.8. The summed E-state index contributed by atoms with van der Waals surface area (Å²) in [5.41, 5.74) is 3.30. The zero-order valence-corrected chi connectivity index (χ0v) is 23.5. The van der Waals surface area contributed by atoms with Crippen molar-refractivity contribution in [1.82, 2.24) is 4.90 Å². The van der Waals surface area contributed by atoms with Crippen LogP contribution in [0.5, 0.6) is 0 Å². The van der Waals surface area contributed by atoms with Gasteiger partial charge in [0.25, 0.3) is 0 Å². The molecule has 41 heavy (non-hydrogen) atoms. The molecule has 4 aliphatic rings. The van der Waals surface area contributed by atoms with Crippen LogP contribution >= 0.6 is 23.2 Å². The van der Waals surface area contributed by atoms with E-state index in [0.29, 0.717) is 19.3 Å². The van der Waals surface area contributed by atoms with Gasteiger partial charge in [0.2, 0.25) is 11.8 Å². The average Bonchev–Trinajstić information content (AvgIpc) is 3.25. The number of Topliss-reactive ketones (excluding diaryl/α,β-unsaturated/α-hetero) is 1. The first-order chi connectivity index (χ1) is 19.7. The molecular weight excluding hydrogens is 568 g/mol. The number of carbonyl (C=O) groups excluding carboxylic acids is 4. The molecule has 2 atom stereocenters. The van der Waals surface area contributed by atoms with Crippen LogP contribution in [0.25, 0.3) is 0 Å². The van der Waals surface area contributed by atoms with Gasteiger partial charge in [-0.2, -0.15) is 0 Å². The molecule has 210 valence electrons. The van der Waals surface area contributed by atoms with Gasteiger partial charge in [0.1, 0.15) is 15.6 Å². The summed E-state index contributed by atoms with van der Waals surface area (Å²) in [4.78, 5) is 50.7. The number of ketones is 1. The molecule has 7 rings (SSSR count). The second-order valence-corrected chi connectivity index (χ2v) is 11.9. The smallest absolute Gasteiger partial charge is 0.306 e. The van der Waals surface area contributed by atoms with Crippen molar-refractivity contribution in [3.05, 3.63) is 106 Å². The number of likely N-dealkylation sites (tertiary alicyclic amines) is 1. The number of amides is 2. The minimum absolute atomic E-state index is 0.0873. The predicted octanol–water partition coefficient (Wildman–Crippen LogP) is 5.71. The molecule has 1 aliphatic heterocycles.